The number of carbonyl (C=O) groups is 2. The molecule has 3 heterocycles. The maximum Gasteiger partial charge on any atom is 0.266 e. The van der Waals surface area contributed by atoms with Crippen LogP contribution in [0.25, 0.3) is 11.1 Å². The van der Waals surface area contributed by atoms with Crippen LogP contribution in [0, 0.1) is 10.3 Å². The van der Waals surface area contributed by atoms with E-state index in [4.69, 9.17) is 16.6 Å². The third-order valence-electron chi connectivity index (χ3n) is 4.81. The maximum absolute atomic E-state index is 12.8. The third-order valence-corrected chi connectivity index (χ3v) is 5.00. The van der Waals surface area contributed by atoms with Gasteiger partial charge < -0.3 is 19.6 Å². The normalized spacial score (nSPS) is 24.3. The minimum atomic E-state index is -0.0959. The number of oxazole rings is 1. The zero-order chi connectivity index (χ0) is 16.0. The van der Waals surface area contributed by atoms with Crippen molar-refractivity contribution in [2.45, 2.75) is 19.3 Å². The van der Waals surface area contributed by atoms with E-state index in [9.17, 15) is 9.59 Å². The molecule has 2 aromatic rings. The van der Waals surface area contributed by atoms with Crippen molar-refractivity contribution in [2.24, 2.45) is 5.41 Å². The van der Waals surface area contributed by atoms with Crippen LogP contribution in [0.2, 0.25) is 0 Å². The molecule has 0 radical (unpaired) electrons. The standard InChI is InChI=1S/C16H17N3O3S/c20-13-7-16(8-17-13)4-1-5-19(9-16)14(21)10-2-3-11-12(6-10)22-15(23)18-11/h2-3,6H,1,4-5,7-9H2,(H,17,20)(H,18,23). The number of carbonyl (C=O) groups excluding carboxylic acids is 2. The van der Waals surface area contributed by atoms with Crippen LogP contribution in [0.1, 0.15) is 29.6 Å². The van der Waals surface area contributed by atoms with Gasteiger partial charge in [-0.1, -0.05) is 0 Å². The predicted octanol–water partition coefficient (Wildman–Crippen LogP) is 2.23. The second-order valence-corrected chi connectivity index (χ2v) is 6.88. The van der Waals surface area contributed by atoms with Gasteiger partial charge in [0, 0.05) is 37.0 Å². The van der Waals surface area contributed by atoms with E-state index in [1.54, 1.807) is 12.1 Å². The quantitative estimate of drug-likeness (QED) is 0.786. The van der Waals surface area contributed by atoms with Gasteiger partial charge in [0.05, 0.1) is 5.52 Å². The van der Waals surface area contributed by atoms with Crippen LogP contribution in [0.4, 0.5) is 0 Å². The van der Waals surface area contributed by atoms with Crippen LogP contribution < -0.4 is 5.32 Å². The van der Waals surface area contributed by atoms with Gasteiger partial charge in [-0.05, 0) is 43.3 Å². The molecule has 7 heteroatoms. The van der Waals surface area contributed by atoms with Gasteiger partial charge in [-0.15, -0.1) is 0 Å². The Kier molecular flexibility index (Phi) is 3.26. The molecule has 2 amide bonds. The molecule has 0 aliphatic carbocycles. The lowest BCUT2D eigenvalue weighted by atomic mass is 9.79. The Morgan fingerprint density at radius 1 is 1.39 bits per heavy atom. The van der Waals surface area contributed by atoms with Crippen molar-refractivity contribution in [3.05, 3.63) is 28.6 Å². The molecule has 0 saturated carbocycles. The third kappa shape index (κ3) is 2.55. The minimum absolute atomic E-state index is 0.0207. The number of fused-ring (bicyclic) bond motifs is 1. The predicted molar refractivity (Wildman–Crippen MR) is 86.6 cm³/mol. The highest BCUT2D eigenvalue weighted by Gasteiger charge is 2.42. The van der Waals surface area contributed by atoms with Crippen molar-refractivity contribution in [3.63, 3.8) is 0 Å². The Labute approximate surface area is 137 Å². The average molecular weight is 331 g/mol. The number of aromatic nitrogens is 1. The minimum Gasteiger partial charge on any atom is -0.429 e. The van der Waals surface area contributed by atoms with E-state index in [-0.39, 0.29) is 17.2 Å². The van der Waals surface area contributed by atoms with Crippen LogP contribution in [-0.4, -0.2) is 41.3 Å². The van der Waals surface area contributed by atoms with Gasteiger partial charge in [-0.3, -0.25) is 9.59 Å². The zero-order valence-electron chi connectivity index (χ0n) is 12.6. The molecule has 6 nitrogen and oxygen atoms in total. The van der Waals surface area contributed by atoms with Gasteiger partial charge in [0.1, 0.15) is 0 Å². The highest BCUT2D eigenvalue weighted by atomic mass is 32.1. The fraction of sp³-hybridized carbons (Fsp3) is 0.438. The second-order valence-electron chi connectivity index (χ2n) is 6.51. The summed E-state index contributed by atoms with van der Waals surface area (Å²) in [6, 6.07) is 5.32. The van der Waals surface area contributed by atoms with E-state index in [2.05, 4.69) is 10.3 Å². The number of nitrogens with one attached hydrogen (secondary N) is 2. The first kappa shape index (κ1) is 14.4. The summed E-state index contributed by atoms with van der Waals surface area (Å²) >= 11 is 4.97. The highest BCUT2D eigenvalue weighted by Crippen LogP contribution is 2.36. The van der Waals surface area contributed by atoms with Gasteiger partial charge in [0.2, 0.25) is 5.91 Å². The molecule has 2 aliphatic heterocycles. The molecule has 1 spiro atoms. The zero-order valence-corrected chi connectivity index (χ0v) is 13.4. The molecule has 1 aromatic heterocycles. The molecule has 120 valence electrons. The van der Waals surface area contributed by atoms with Crippen molar-refractivity contribution in [1.82, 2.24) is 15.2 Å². The van der Waals surface area contributed by atoms with Crippen LogP contribution >= 0.6 is 12.2 Å². The number of hydrogen-bond acceptors (Lipinski definition) is 4. The average Bonchev–Trinajstić information content (AvgIpc) is 3.07. The molecule has 23 heavy (non-hydrogen) atoms. The van der Waals surface area contributed by atoms with Crippen molar-refractivity contribution >= 4 is 35.1 Å². The number of piperidine rings is 1. The molecule has 4 rings (SSSR count). The van der Waals surface area contributed by atoms with Crippen molar-refractivity contribution < 1.29 is 14.0 Å². The number of aromatic amines is 1. The van der Waals surface area contributed by atoms with Gasteiger partial charge in [-0.2, -0.15) is 0 Å². The van der Waals surface area contributed by atoms with Gasteiger partial charge >= 0.3 is 0 Å². The van der Waals surface area contributed by atoms with Crippen LogP contribution in [-0.2, 0) is 4.79 Å². The molecule has 0 bridgehead atoms. The lowest BCUT2D eigenvalue weighted by Gasteiger charge is -2.39. The van der Waals surface area contributed by atoms with E-state index >= 15 is 0 Å². The highest BCUT2D eigenvalue weighted by molar-refractivity contribution is 7.71. The number of hydrogen-bond donors (Lipinski definition) is 2. The Morgan fingerprint density at radius 2 is 2.26 bits per heavy atom. The lowest BCUT2D eigenvalue weighted by Crippen LogP contribution is -2.47. The summed E-state index contributed by atoms with van der Waals surface area (Å²) in [4.78, 5) is 29.5. The molecule has 1 atom stereocenters. The lowest BCUT2D eigenvalue weighted by molar-refractivity contribution is -0.119. The Hall–Kier alpha value is -2.15. The van der Waals surface area contributed by atoms with Gasteiger partial charge in [0.15, 0.2) is 5.58 Å². The SMILES string of the molecule is O=C1CC2(CCCN(C(=O)c3ccc4[nH]c(=S)oc4c3)C2)CN1. The Balaban J connectivity index is 1.59. The molecule has 1 unspecified atom stereocenters. The fourth-order valence-corrected chi connectivity index (χ4v) is 3.88. The van der Waals surface area contributed by atoms with E-state index in [1.165, 1.54) is 0 Å². The van der Waals surface area contributed by atoms with Crippen molar-refractivity contribution in [1.29, 1.82) is 0 Å². The first-order valence-corrected chi connectivity index (χ1v) is 8.14. The van der Waals surface area contributed by atoms with E-state index < -0.39 is 0 Å². The summed E-state index contributed by atoms with van der Waals surface area (Å²) < 4.78 is 5.39. The first-order chi connectivity index (χ1) is 11.0. The molecular weight excluding hydrogens is 314 g/mol. The number of likely N-dealkylation sites (tertiary alicyclic amines) is 1. The molecule has 2 aliphatic rings. The van der Waals surface area contributed by atoms with Crippen molar-refractivity contribution in [3.8, 4) is 0 Å². The summed E-state index contributed by atoms with van der Waals surface area (Å²) in [6.45, 7) is 2.02. The fourth-order valence-electron chi connectivity index (χ4n) is 3.68. The number of nitrogens with zero attached hydrogens (tertiary/aromatic N) is 1. The Bertz CT molecular complexity index is 856. The number of rotatable bonds is 1. The molecule has 2 saturated heterocycles. The summed E-state index contributed by atoms with van der Waals surface area (Å²) in [7, 11) is 0. The topological polar surface area (TPSA) is 78.3 Å². The summed E-state index contributed by atoms with van der Waals surface area (Å²) in [5, 5.41) is 2.90. The van der Waals surface area contributed by atoms with E-state index in [0.717, 1.165) is 24.9 Å². The Morgan fingerprint density at radius 3 is 3.04 bits per heavy atom. The molecular formula is C16H17N3O3S. The largest absolute Gasteiger partial charge is 0.429 e. The number of amides is 2. The monoisotopic (exact) mass is 331 g/mol. The molecule has 2 fully saturated rings. The second kappa shape index (κ2) is 5.19. The van der Waals surface area contributed by atoms with Crippen LogP contribution in [0.5, 0.6) is 0 Å². The molecule has 1 aromatic carbocycles. The van der Waals surface area contributed by atoms with Crippen molar-refractivity contribution in [2.75, 3.05) is 19.6 Å². The maximum atomic E-state index is 12.8. The van der Waals surface area contributed by atoms with E-state index in [1.807, 2.05) is 11.0 Å². The summed E-state index contributed by atoms with van der Waals surface area (Å²) in [6.07, 6.45) is 2.43. The number of H-pyrrole nitrogens is 1. The number of benzene rings is 1. The summed E-state index contributed by atoms with van der Waals surface area (Å²) in [5.41, 5.74) is 1.86. The van der Waals surface area contributed by atoms with Crippen LogP contribution in [0.15, 0.2) is 22.6 Å². The van der Waals surface area contributed by atoms with Gasteiger partial charge in [-0.25, -0.2) is 0 Å². The summed E-state index contributed by atoms with van der Waals surface area (Å²) in [5.74, 6) is 0.0671. The first-order valence-electron chi connectivity index (χ1n) is 7.74. The van der Waals surface area contributed by atoms with Crippen LogP contribution in [0.3, 0.4) is 0 Å². The van der Waals surface area contributed by atoms with E-state index in [0.29, 0.717) is 35.5 Å². The molecule has 2 N–H and O–H groups in total. The smallest absolute Gasteiger partial charge is 0.266 e. The van der Waals surface area contributed by atoms with Gasteiger partial charge in [0.25, 0.3) is 10.7 Å².